The summed E-state index contributed by atoms with van der Waals surface area (Å²) in [6, 6.07) is 16.6. The van der Waals surface area contributed by atoms with E-state index in [4.69, 9.17) is 4.74 Å². The van der Waals surface area contributed by atoms with E-state index in [9.17, 15) is 4.79 Å². The lowest BCUT2D eigenvalue weighted by molar-refractivity contribution is 0.0598. The highest BCUT2D eigenvalue weighted by molar-refractivity contribution is 5.94. The SMILES string of the molecule is CCc1ccccc1-c1ccc(C(=O)N2CCC([C@H](C)COC)CC2)cc1. The molecular formula is C24H31NO2. The highest BCUT2D eigenvalue weighted by Crippen LogP contribution is 2.27. The number of hydrogen-bond acceptors (Lipinski definition) is 2. The largest absolute Gasteiger partial charge is 0.384 e. The average Bonchev–Trinajstić information content (AvgIpc) is 2.73. The predicted molar refractivity (Wildman–Crippen MR) is 111 cm³/mol. The number of carbonyl (C=O) groups is 1. The fourth-order valence-electron chi connectivity index (χ4n) is 4.16. The van der Waals surface area contributed by atoms with Gasteiger partial charge >= 0.3 is 0 Å². The molecule has 0 aliphatic carbocycles. The van der Waals surface area contributed by atoms with Gasteiger partial charge in [-0.25, -0.2) is 0 Å². The van der Waals surface area contributed by atoms with Crippen LogP contribution in [-0.4, -0.2) is 37.6 Å². The van der Waals surface area contributed by atoms with Gasteiger partial charge in [0.1, 0.15) is 0 Å². The molecule has 2 aromatic carbocycles. The van der Waals surface area contributed by atoms with Crippen molar-refractivity contribution in [3.63, 3.8) is 0 Å². The zero-order chi connectivity index (χ0) is 19.2. The fraction of sp³-hybridized carbons (Fsp3) is 0.458. The minimum atomic E-state index is 0.156. The summed E-state index contributed by atoms with van der Waals surface area (Å²) >= 11 is 0. The van der Waals surface area contributed by atoms with Crippen LogP contribution in [0.25, 0.3) is 11.1 Å². The van der Waals surface area contributed by atoms with Crippen LogP contribution in [0.15, 0.2) is 48.5 Å². The number of nitrogens with zero attached hydrogens (tertiary/aromatic N) is 1. The van der Waals surface area contributed by atoms with E-state index in [2.05, 4.69) is 50.2 Å². The molecule has 1 aliphatic heterocycles. The Morgan fingerprint density at radius 2 is 1.78 bits per heavy atom. The first-order valence-corrected chi connectivity index (χ1v) is 10.1. The van der Waals surface area contributed by atoms with Crippen LogP contribution < -0.4 is 0 Å². The van der Waals surface area contributed by atoms with Crippen molar-refractivity contribution in [2.24, 2.45) is 11.8 Å². The summed E-state index contributed by atoms with van der Waals surface area (Å²) in [6.45, 7) is 6.92. The van der Waals surface area contributed by atoms with E-state index < -0.39 is 0 Å². The molecule has 0 radical (unpaired) electrons. The summed E-state index contributed by atoms with van der Waals surface area (Å²) in [5.74, 6) is 1.37. The fourth-order valence-corrected chi connectivity index (χ4v) is 4.16. The number of aryl methyl sites for hydroxylation is 1. The molecule has 0 unspecified atom stereocenters. The first kappa shape index (κ1) is 19.6. The van der Waals surface area contributed by atoms with Gasteiger partial charge in [0.25, 0.3) is 5.91 Å². The van der Waals surface area contributed by atoms with Crippen molar-refractivity contribution in [1.82, 2.24) is 4.90 Å². The van der Waals surface area contributed by atoms with Crippen LogP contribution in [0, 0.1) is 11.8 Å². The highest BCUT2D eigenvalue weighted by atomic mass is 16.5. The normalized spacial score (nSPS) is 16.3. The predicted octanol–water partition coefficient (Wildman–Crippen LogP) is 5.05. The molecule has 1 amide bonds. The Hall–Kier alpha value is -2.13. The molecule has 1 atom stereocenters. The summed E-state index contributed by atoms with van der Waals surface area (Å²) in [4.78, 5) is 14.9. The van der Waals surface area contributed by atoms with Crippen LogP contribution in [0.5, 0.6) is 0 Å². The Bertz CT molecular complexity index is 745. The zero-order valence-corrected chi connectivity index (χ0v) is 16.8. The molecule has 1 aliphatic rings. The van der Waals surface area contributed by atoms with E-state index in [1.54, 1.807) is 7.11 Å². The molecule has 144 valence electrons. The van der Waals surface area contributed by atoms with Crippen molar-refractivity contribution < 1.29 is 9.53 Å². The second kappa shape index (κ2) is 9.18. The van der Waals surface area contributed by atoms with E-state index >= 15 is 0 Å². The Morgan fingerprint density at radius 1 is 1.11 bits per heavy atom. The standard InChI is InChI=1S/C24H31NO2/c1-4-19-7-5-6-8-23(19)21-9-11-22(12-10-21)24(26)25-15-13-20(14-16-25)18(2)17-27-3/h5-12,18,20H,4,13-17H2,1-3H3/t18-/m1/s1. The molecule has 0 aromatic heterocycles. The van der Waals surface area contributed by atoms with Crippen molar-refractivity contribution in [1.29, 1.82) is 0 Å². The number of piperidine rings is 1. The first-order valence-electron chi connectivity index (χ1n) is 10.1. The van der Waals surface area contributed by atoms with Crippen molar-refractivity contribution in [3.05, 3.63) is 59.7 Å². The number of amides is 1. The van der Waals surface area contributed by atoms with Crippen LogP contribution in [0.4, 0.5) is 0 Å². The Labute approximate surface area is 163 Å². The maximum atomic E-state index is 12.9. The first-order chi connectivity index (χ1) is 13.1. The number of hydrogen-bond donors (Lipinski definition) is 0. The smallest absolute Gasteiger partial charge is 0.253 e. The van der Waals surface area contributed by atoms with E-state index in [1.165, 1.54) is 16.7 Å². The maximum Gasteiger partial charge on any atom is 0.253 e. The second-order valence-corrected chi connectivity index (χ2v) is 7.65. The Kier molecular flexibility index (Phi) is 6.68. The second-order valence-electron chi connectivity index (χ2n) is 7.65. The lowest BCUT2D eigenvalue weighted by Gasteiger charge is -2.34. The number of ether oxygens (including phenoxy) is 1. The minimum absolute atomic E-state index is 0.156. The summed E-state index contributed by atoms with van der Waals surface area (Å²) < 4.78 is 5.28. The van der Waals surface area contributed by atoms with Gasteiger partial charge in [-0.2, -0.15) is 0 Å². The maximum absolute atomic E-state index is 12.9. The Balaban J connectivity index is 1.65. The summed E-state index contributed by atoms with van der Waals surface area (Å²) in [7, 11) is 1.76. The summed E-state index contributed by atoms with van der Waals surface area (Å²) in [5.41, 5.74) is 4.56. The monoisotopic (exact) mass is 365 g/mol. The molecule has 0 spiro atoms. The quantitative estimate of drug-likeness (QED) is 0.717. The van der Waals surface area contributed by atoms with Gasteiger partial charge in [0.15, 0.2) is 0 Å². The van der Waals surface area contributed by atoms with Gasteiger partial charge in [-0.3, -0.25) is 4.79 Å². The lowest BCUT2D eigenvalue weighted by Crippen LogP contribution is -2.40. The molecule has 2 aromatic rings. The lowest BCUT2D eigenvalue weighted by atomic mass is 9.85. The molecule has 27 heavy (non-hydrogen) atoms. The van der Waals surface area contributed by atoms with Crippen molar-refractivity contribution >= 4 is 5.91 Å². The average molecular weight is 366 g/mol. The molecule has 3 nitrogen and oxygen atoms in total. The molecule has 0 saturated carbocycles. The van der Waals surface area contributed by atoms with Gasteiger partial charge in [0.2, 0.25) is 0 Å². The molecule has 0 N–H and O–H groups in total. The van der Waals surface area contributed by atoms with Crippen molar-refractivity contribution in [3.8, 4) is 11.1 Å². The number of benzene rings is 2. The van der Waals surface area contributed by atoms with E-state index in [0.29, 0.717) is 11.8 Å². The number of methoxy groups -OCH3 is 1. The highest BCUT2D eigenvalue weighted by Gasteiger charge is 2.26. The van der Waals surface area contributed by atoms with Gasteiger partial charge < -0.3 is 9.64 Å². The third kappa shape index (κ3) is 4.59. The number of likely N-dealkylation sites (tertiary alicyclic amines) is 1. The minimum Gasteiger partial charge on any atom is -0.384 e. The third-order valence-electron chi connectivity index (χ3n) is 5.90. The van der Waals surface area contributed by atoms with Crippen LogP contribution in [0.1, 0.15) is 42.6 Å². The van der Waals surface area contributed by atoms with Gasteiger partial charge in [0.05, 0.1) is 0 Å². The summed E-state index contributed by atoms with van der Waals surface area (Å²) in [6.07, 6.45) is 3.14. The van der Waals surface area contributed by atoms with E-state index in [-0.39, 0.29) is 5.91 Å². The van der Waals surface area contributed by atoms with Crippen LogP contribution in [-0.2, 0) is 11.2 Å². The molecular weight excluding hydrogens is 334 g/mol. The number of carbonyl (C=O) groups excluding carboxylic acids is 1. The van der Waals surface area contributed by atoms with Crippen LogP contribution in [0.2, 0.25) is 0 Å². The van der Waals surface area contributed by atoms with Crippen LogP contribution in [0.3, 0.4) is 0 Å². The zero-order valence-electron chi connectivity index (χ0n) is 16.8. The van der Waals surface area contributed by atoms with Crippen molar-refractivity contribution in [2.45, 2.75) is 33.1 Å². The molecule has 3 rings (SSSR count). The molecule has 1 saturated heterocycles. The molecule has 1 heterocycles. The molecule has 1 fully saturated rings. The topological polar surface area (TPSA) is 29.5 Å². The molecule has 3 heteroatoms. The van der Waals surface area contributed by atoms with E-state index in [0.717, 1.165) is 44.5 Å². The van der Waals surface area contributed by atoms with Gasteiger partial charge in [-0.1, -0.05) is 50.2 Å². The van der Waals surface area contributed by atoms with Gasteiger partial charge in [-0.15, -0.1) is 0 Å². The van der Waals surface area contributed by atoms with E-state index in [1.807, 2.05) is 17.0 Å². The summed E-state index contributed by atoms with van der Waals surface area (Å²) in [5, 5.41) is 0. The number of rotatable bonds is 6. The van der Waals surface area contributed by atoms with Gasteiger partial charge in [0, 0.05) is 32.4 Å². The van der Waals surface area contributed by atoms with Crippen LogP contribution >= 0.6 is 0 Å². The molecule has 0 bridgehead atoms. The van der Waals surface area contributed by atoms with Crippen molar-refractivity contribution in [2.75, 3.05) is 26.8 Å². The van der Waals surface area contributed by atoms with Gasteiger partial charge in [-0.05, 0) is 59.9 Å². The Morgan fingerprint density at radius 3 is 2.41 bits per heavy atom. The third-order valence-corrected chi connectivity index (χ3v) is 5.90.